The van der Waals surface area contributed by atoms with Crippen LogP contribution in [-0.4, -0.2) is 6.54 Å². The molecule has 4 rings (SSSR count). The summed E-state index contributed by atoms with van der Waals surface area (Å²) in [4.78, 5) is 0. The Bertz CT molecular complexity index is 629. The average Bonchev–Trinajstić information content (AvgIpc) is 3.13. The first-order valence-electron chi connectivity index (χ1n) is 6.65. The van der Waals surface area contributed by atoms with E-state index in [2.05, 4.69) is 53.0 Å². The third-order valence-electron chi connectivity index (χ3n) is 4.49. The first-order chi connectivity index (χ1) is 8.68. The normalized spacial score (nSPS) is 27.4. The molecule has 2 nitrogen and oxygen atoms in total. The van der Waals surface area contributed by atoms with Gasteiger partial charge in [-0.2, -0.15) is 0 Å². The molecular weight excluding hydrogens is 337 g/mol. The minimum Gasteiger partial charge on any atom is -0.459 e. The molecule has 1 aromatic heterocycles. The van der Waals surface area contributed by atoms with Crippen LogP contribution in [0.4, 0.5) is 0 Å². The van der Waals surface area contributed by atoms with E-state index in [9.17, 15) is 0 Å². The molecule has 1 unspecified atom stereocenters. The molecular formula is C15H16INO. The number of hydrogen-bond acceptors (Lipinski definition) is 2. The standard InChI is InChI=1S/C15H16INO/c1-15(9-2-3-9)14-12(6-7-17-15)11-5-4-10(16)8-13(11)18-14/h4-5,8-9,17H,2-3,6-7H2,1H3. The van der Waals surface area contributed by atoms with Crippen molar-refractivity contribution in [3.63, 3.8) is 0 Å². The number of furan rings is 1. The summed E-state index contributed by atoms with van der Waals surface area (Å²) in [6, 6.07) is 6.55. The Balaban J connectivity index is 1.97. The second-order valence-electron chi connectivity index (χ2n) is 5.70. The van der Waals surface area contributed by atoms with Crippen LogP contribution in [0.2, 0.25) is 0 Å². The summed E-state index contributed by atoms with van der Waals surface area (Å²) in [7, 11) is 0. The van der Waals surface area contributed by atoms with Crippen LogP contribution in [0.5, 0.6) is 0 Å². The maximum Gasteiger partial charge on any atom is 0.135 e. The van der Waals surface area contributed by atoms with Crippen LogP contribution in [-0.2, 0) is 12.0 Å². The molecule has 1 aromatic carbocycles. The molecule has 0 radical (unpaired) electrons. The van der Waals surface area contributed by atoms with Crippen LogP contribution < -0.4 is 5.32 Å². The Hall–Kier alpha value is -0.550. The van der Waals surface area contributed by atoms with Gasteiger partial charge in [0, 0.05) is 21.1 Å². The first kappa shape index (κ1) is 11.3. The molecule has 0 saturated heterocycles. The molecule has 0 spiro atoms. The van der Waals surface area contributed by atoms with E-state index in [0.717, 1.165) is 24.5 Å². The van der Waals surface area contributed by atoms with Crippen LogP contribution in [0.1, 0.15) is 31.1 Å². The molecule has 0 bridgehead atoms. The lowest BCUT2D eigenvalue weighted by atomic mass is 9.85. The van der Waals surface area contributed by atoms with Gasteiger partial charge in [-0.15, -0.1) is 0 Å². The van der Waals surface area contributed by atoms with Gasteiger partial charge < -0.3 is 9.73 Å². The van der Waals surface area contributed by atoms with Gasteiger partial charge in [0.1, 0.15) is 11.3 Å². The van der Waals surface area contributed by atoms with Crippen molar-refractivity contribution in [3.8, 4) is 0 Å². The zero-order valence-electron chi connectivity index (χ0n) is 10.4. The molecule has 0 amide bonds. The molecule has 1 atom stereocenters. The number of benzene rings is 1. The largest absolute Gasteiger partial charge is 0.459 e. The number of fused-ring (bicyclic) bond motifs is 3. The Kier molecular flexibility index (Phi) is 2.34. The van der Waals surface area contributed by atoms with Gasteiger partial charge in [-0.1, -0.05) is 0 Å². The quantitative estimate of drug-likeness (QED) is 0.789. The maximum atomic E-state index is 6.22. The minimum absolute atomic E-state index is 0.0675. The van der Waals surface area contributed by atoms with Crippen LogP contribution in [0.3, 0.4) is 0 Å². The van der Waals surface area contributed by atoms with Crippen LogP contribution in [0.25, 0.3) is 11.0 Å². The number of rotatable bonds is 1. The van der Waals surface area contributed by atoms with Crippen LogP contribution in [0, 0.1) is 9.49 Å². The van der Waals surface area contributed by atoms with Gasteiger partial charge in [0.2, 0.25) is 0 Å². The Labute approximate surface area is 120 Å². The third-order valence-corrected chi connectivity index (χ3v) is 5.16. The highest BCUT2D eigenvalue weighted by Gasteiger charge is 2.47. The Morgan fingerprint density at radius 1 is 1.39 bits per heavy atom. The number of halogens is 1. The summed E-state index contributed by atoms with van der Waals surface area (Å²) in [5.41, 5.74) is 2.56. The van der Waals surface area contributed by atoms with Gasteiger partial charge in [0.25, 0.3) is 0 Å². The molecule has 94 valence electrons. The predicted octanol–water partition coefficient (Wildman–Crippen LogP) is 3.81. The van der Waals surface area contributed by atoms with Crippen molar-refractivity contribution in [2.24, 2.45) is 5.92 Å². The van der Waals surface area contributed by atoms with Crippen molar-refractivity contribution in [3.05, 3.63) is 33.1 Å². The fraction of sp³-hybridized carbons (Fsp3) is 0.467. The van der Waals surface area contributed by atoms with Crippen molar-refractivity contribution in [2.45, 2.75) is 31.7 Å². The lowest BCUT2D eigenvalue weighted by Gasteiger charge is -2.34. The van der Waals surface area contributed by atoms with Crippen molar-refractivity contribution in [1.82, 2.24) is 5.32 Å². The van der Waals surface area contributed by atoms with E-state index >= 15 is 0 Å². The number of nitrogens with one attached hydrogen (secondary N) is 1. The predicted molar refractivity (Wildman–Crippen MR) is 80.7 cm³/mol. The Morgan fingerprint density at radius 3 is 3.00 bits per heavy atom. The molecule has 1 N–H and O–H groups in total. The van der Waals surface area contributed by atoms with E-state index in [-0.39, 0.29) is 5.54 Å². The van der Waals surface area contributed by atoms with E-state index in [0.29, 0.717) is 0 Å². The highest BCUT2D eigenvalue weighted by molar-refractivity contribution is 14.1. The van der Waals surface area contributed by atoms with Gasteiger partial charge in [-0.25, -0.2) is 0 Å². The lowest BCUT2D eigenvalue weighted by Crippen LogP contribution is -2.46. The molecule has 2 heterocycles. The second-order valence-corrected chi connectivity index (χ2v) is 6.95. The van der Waals surface area contributed by atoms with Crippen molar-refractivity contribution >= 4 is 33.6 Å². The lowest BCUT2D eigenvalue weighted by molar-refractivity contribution is 0.248. The molecule has 1 saturated carbocycles. The summed E-state index contributed by atoms with van der Waals surface area (Å²) in [6.45, 7) is 3.39. The van der Waals surface area contributed by atoms with Crippen LogP contribution in [0.15, 0.2) is 22.6 Å². The zero-order chi connectivity index (χ0) is 12.3. The topological polar surface area (TPSA) is 25.2 Å². The highest BCUT2D eigenvalue weighted by atomic mass is 127. The van der Waals surface area contributed by atoms with Gasteiger partial charge in [-0.05, 0) is 72.9 Å². The summed E-state index contributed by atoms with van der Waals surface area (Å²) < 4.78 is 7.46. The highest BCUT2D eigenvalue weighted by Crippen LogP contribution is 2.49. The van der Waals surface area contributed by atoms with E-state index < -0.39 is 0 Å². The van der Waals surface area contributed by atoms with E-state index in [1.165, 1.54) is 33.1 Å². The first-order valence-corrected chi connectivity index (χ1v) is 7.73. The summed E-state index contributed by atoms with van der Waals surface area (Å²) in [6.07, 6.45) is 3.75. The van der Waals surface area contributed by atoms with E-state index in [4.69, 9.17) is 4.42 Å². The monoisotopic (exact) mass is 353 g/mol. The third kappa shape index (κ3) is 1.50. The summed E-state index contributed by atoms with van der Waals surface area (Å²) in [5, 5.41) is 5.01. The summed E-state index contributed by atoms with van der Waals surface area (Å²) in [5.74, 6) is 1.96. The summed E-state index contributed by atoms with van der Waals surface area (Å²) >= 11 is 2.35. The number of hydrogen-bond donors (Lipinski definition) is 1. The van der Waals surface area contributed by atoms with Crippen LogP contribution >= 0.6 is 22.6 Å². The second kappa shape index (κ2) is 3.73. The van der Waals surface area contributed by atoms with E-state index in [1.807, 2.05) is 0 Å². The SMILES string of the molecule is CC1(C2CC2)NCCc2c1oc1cc(I)ccc21. The zero-order valence-corrected chi connectivity index (χ0v) is 12.6. The van der Waals surface area contributed by atoms with Crippen molar-refractivity contribution in [2.75, 3.05) is 6.54 Å². The molecule has 2 aliphatic rings. The van der Waals surface area contributed by atoms with Gasteiger partial charge in [0.05, 0.1) is 5.54 Å². The van der Waals surface area contributed by atoms with Crippen molar-refractivity contribution < 1.29 is 4.42 Å². The molecule has 1 aliphatic carbocycles. The Morgan fingerprint density at radius 2 is 2.22 bits per heavy atom. The van der Waals surface area contributed by atoms with Gasteiger partial charge in [-0.3, -0.25) is 0 Å². The fourth-order valence-corrected chi connectivity index (χ4v) is 3.77. The molecule has 1 fully saturated rings. The molecule has 1 aliphatic heterocycles. The fourth-order valence-electron chi connectivity index (χ4n) is 3.31. The van der Waals surface area contributed by atoms with Gasteiger partial charge in [0.15, 0.2) is 0 Å². The molecule has 18 heavy (non-hydrogen) atoms. The molecule has 3 heteroatoms. The van der Waals surface area contributed by atoms with Crippen molar-refractivity contribution in [1.29, 1.82) is 0 Å². The average molecular weight is 353 g/mol. The molecule has 2 aromatic rings. The maximum absolute atomic E-state index is 6.22. The van der Waals surface area contributed by atoms with Gasteiger partial charge >= 0.3 is 0 Å². The smallest absolute Gasteiger partial charge is 0.135 e. The minimum atomic E-state index is 0.0675. The van der Waals surface area contributed by atoms with E-state index in [1.54, 1.807) is 0 Å².